The number of carbonyl (C=O) groups is 1. The Kier molecular flexibility index (Phi) is 4.37. The Morgan fingerprint density at radius 1 is 1.39 bits per heavy atom. The van der Waals surface area contributed by atoms with E-state index in [2.05, 4.69) is 41.8 Å². The van der Waals surface area contributed by atoms with Crippen molar-refractivity contribution in [2.45, 2.75) is 32.2 Å². The molecule has 2 unspecified atom stereocenters. The first kappa shape index (κ1) is 13.1. The minimum Gasteiger partial charge on any atom is -0.358 e. The number of carbonyl (C=O) groups excluding carboxylic acids is 1. The SMILES string of the molecule is CNC(=O)C1CC(Cc2ccc(C)cc2)CCN1. The molecule has 0 spiro atoms. The largest absolute Gasteiger partial charge is 0.358 e. The third-order valence-electron chi connectivity index (χ3n) is 3.72. The van der Waals surface area contributed by atoms with Gasteiger partial charge in [0, 0.05) is 7.05 Å². The lowest BCUT2D eigenvalue weighted by molar-refractivity contribution is -0.123. The van der Waals surface area contributed by atoms with E-state index in [1.54, 1.807) is 7.05 Å². The summed E-state index contributed by atoms with van der Waals surface area (Å²) in [6.07, 6.45) is 3.17. The van der Waals surface area contributed by atoms with Crippen LogP contribution in [0.5, 0.6) is 0 Å². The average molecular weight is 246 g/mol. The Balaban J connectivity index is 1.93. The molecule has 0 aromatic heterocycles. The number of likely N-dealkylation sites (N-methyl/N-ethyl adjacent to an activating group) is 1. The molecule has 3 heteroatoms. The maximum Gasteiger partial charge on any atom is 0.236 e. The Hall–Kier alpha value is -1.35. The number of rotatable bonds is 3. The van der Waals surface area contributed by atoms with Gasteiger partial charge in [0.25, 0.3) is 0 Å². The predicted octanol–water partition coefficient (Wildman–Crippen LogP) is 1.65. The van der Waals surface area contributed by atoms with Gasteiger partial charge in [-0.1, -0.05) is 29.8 Å². The molecular formula is C15H22N2O. The summed E-state index contributed by atoms with van der Waals surface area (Å²) in [7, 11) is 1.70. The van der Waals surface area contributed by atoms with Gasteiger partial charge in [0.15, 0.2) is 0 Å². The van der Waals surface area contributed by atoms with E-state index >= 15 is 0 Å². The molecule has 1 heterocycles. The molecule has 1 saturated heterocycles. The molecule has 0 saturated carbocycles. The van der Waals surface area contributed by atoms with Gasteiger partial charge in [-0.3, -0.25) is 4.79 Å². The Bertz CT molecular complexity index is 399. The van der Waals surface area contributed by atoms with Crippen LogP contribution < -0.4 is 10.6 Å². The van der Waals surface area contributed by atoms with Crippen molar-refractivity contribution in [2.75, 3.05) is 13.6 Å². The van der Waals surface area contributed by atoms with Crippen molar-refractivity contribution in [1.29, 1.82) is 0 Å². The standard InChI is InChI=1S/C15H22N2O/c1-11-3-5-12(6-4-11)9-13-7-8-17-14(10-13)15(18)16-2/h3-6,13-14,17H,7-10H2,1-2H3,(H,16,18). The van der Waals surface area contributed by atoms with E-state index in [1.165, 1.54) is 11.1 Å². The second-order valence-electron chi connectivity index (χ2n) is 5.20. The van der Waals surface area contributed by atoms with Crippen LogP contribution in [-0.4, -0.2) is 25.5 Å². The van der Waals surface area contributed by atoms with Crippen LogP contribution in [0.3, 0.4) is 0 Å². The molecule has 2 N–H and O–H groups in total. The highest BCUT2D eigenvalue weighted by atomic mass is 16.2. The molecule has 1 fully saturated rings. The summed E-state index contributed by atoms with van der Waals surface area (Å²) >= 11 is 0. The molecule has 1 aromatic rings. The quantitative estimate of drug-likeness (QED) is 0.851. The van der Waals surface area contributed by atoms with Crippen molar-refractivity contribution < 1.29 is 4.79 Å². The average Bonchev–Trinajstić information content (AvgIpc) is 2.41. The molecule has 2 rings (SSSR count). The van der Waals surface area contributed by atoms with Gasteiger partial charge < -0.3 is 10.6 Å². The first-order valence-corrected chi connectivity index (χ1v) is 6.69. The lowest BCUT2D eigenvalue weighted by atomic mass is 9.87. The van der Waals surface area contributed by atoms with Gasteiger partial charge in [-0.15, -0.1) is 0 Å². The van der Waals surface area contributed by atoms with Crippen LogP contribution in [0.1, 0.15) is 24.0 Å². The zero-order valence-electron chi connectivity index (χ0n) is 11.2. The van der Waals surface area contributed by atoms with Crippen LogP contribution in [0, 0.1) is 12.8 Å². The van der Waals surface area contributed by atoms with Gasteiger partial charge in [0.05, 0.1) is 6.04 Å². The molecule has 0 radical (unpaired) electrons. The van der Waals surface area contributed by atoms with Gasteiger partial charge >= 0.3 is 0 Å². The third kappa shape index (κ3) is 3.33. The molecule has 1 aromatic carbocycles. The lowest BCUT2D eigenvalue weighted by Crippen LogP contribution is -2.48. The molecule has 0 bridgehead atoms. The fraction of sp³-hybridized carbons (Fsp3) is 0.533. The number of hydrogen-bond acceptors (Lipinski definition) is 2. The van der Waals surface area contributed by atoms with E-state index in [9.17, 15) is 4.79 Å². The first-order valence-electron chi connectivity index (χ1n) is 6.69. The summed E-state index contributed by atoms with van der Waals surface area (Å²) in [5.41, 5.74) is 2.68. The summed E-state index contributed by atoms with van der Waals surface area (Å²) in [6.45, 7) is 3.05. The maximum absolute atomic E-state index is 11.6. The number of nitrogens with one attached hydrogen (secondary N) is 2. The van der Waals surface area contributed by atoms with E-state index in [1.807, 2.05) is 0 Å². The normalized spacial score (nSPS) is 23.7. The van der Waals surface area contributed by atoms with Gasteiger partial charge in [-0.25, -0.2) is 0 Å². The smallest absolute Gasteiger partial charge is 0.236 e. The van der Waals surface area contributed by atoms with Crippen LogP contribution >= 0.6 is 0 Å². The molecular weight excluding hydrogens is 224 g/mol. The molecule has 1 aliphatic rings. The predicted molar refractivity (Wildman–Crippen MR) is 73.5 cm³/mol. The molecule has 2 atom stereocenters. The molecule has 0 aliphatic carbocycles. The maximum atomic E-state index is 11.6. The van der Waals surface area contributed by atoms with Crippen LogP contribution in [0.25, 0.3) is 0 Å². The van der Waals surface area contributed by atoms with Crippen molar-refractivity contribution >= 4 is 5.91 Å². The number of piperidine rings is 1. The number of amides is 1. The highest BCUT2D eigenvalue weighted by molar-refractivity contribution is 5.81. The minimum atomic E-state index is -0.0146. The van der Waals surface area contributed by atoms with Crippen LogP contribution in [0.15, 0.2) is 24.3 Å². The van der Waals surface area contributed by atoms with Gasteiger partial charge in [-0.05, 0) is 44.2 Å². The number of benzene rings is 1. The second kappa shape index (κ2) is 6.01. The molecule has 3 nitrogen and oxygen atoms in total. The van der Waals surface area contributed by atoms with E-state index in [0.717, 1.165) is 25.8 Å². The van der Waals surface area contributed by atoms with Crippen LogP contribution in [0.2, 0.25) is 0 Å². The van der Waals surface area contributed by atoms with E-state index in [0.29, 0.717) is 5.92 Å². The summed E-state index contributed by atoms with van der Waals surface area (Å²) in [5, 5.41) is 6.01. The topological polar surface area (TPSA) is 41.1 Å². The highest BCUT2D eigenvalue weighted by Gasteiger charge is 2.25. The molecule has 98 valence electrons. The second-order valence-corrected chi connectivity index (χ2v) is 5.20. The van der Waals surface area contributed by atoms with Crippen molar-refractivity contribution in [1.82, 2.24) is 10.6 Å². The van der Waals surface area contributed by atoms with Crippen molar-refractivity contribution in [2.24, 2.45) is 5.92 Å². The minimum absolute atomic E-state index is 0.0146. The van der Waals surface area contributed by atoms with Gasteiger partial charge in [0.2, 0.25) is 5.91 Å². The summed E-state index contributed by atoms with van der Waals surface area (Å²) in [6, 6.07) is 8.71. The Morgan fingerprint density at radius 2 is 2.11 bits per heavy atom. The van der Waals surface area contributed by atoms with Gasteiger partial charge in [0.1, 0.15) is 0 Å². The van der Waals surface area contributed by atoms with E-state index < -0.39 is 0 Å². The Morgan fingerprint density at radius 3 is 2.78 bits per heavy atom. The number of aryl methyl sites for hydroxylation is 1. The fourth-order valence-electron chi connectivity index (χ4n) is 2.61. The first-order chi connectivity index (χ1) is 8.69. The van der Waals surface area contributed by atoms with Gasteiger partial charge in [-0.2, -0.15) is 0 Å². The van der Waals surface area contributed by atoms with Crippen LogP contribution in [0.4, 0.5) is 0 Å². The van der Waals surface area contributed by atoms with E-state index in [4.69, 9.17) is 0 Å². The Labute approximate surface area is 109 Å². The molecule has 1 amide bonds. The fourth-order valence-corrected chi connectivity index (χ4v) is 2.61. The van der Waals surface area contributed by atoms with E-state index in [-0.39, 0.29) is 11.9 Å². The molecule has 1 aliphatic heterocycles. The highest BCUT2D eigenvalue weighted by Crippen LogP contribution is 2.21. The molecule has 18 heavy (non-hydrogen) atoms. The third-order valence-corrected chi connectivity index (χ3v) is 3.72. The van der Waals surface area contributed by atoms with Crippen molar-refractivity contribution in [3.8, 4) is 0 Å². The zero-order chi connectivity index (χ0) is 13.0. The number of hydrogen-bond donors (Lipinski definition) is 2. The summed E-state index contributed by atoms with van der Waals surface area (Å²) < 4.78 is 0. The monoisotopic (exact) mass is 246 g/mol. The van der Waals surface area contributed by atoms with Crippen LogP contribution in [-0.2, 0) is 11.2 Å². The van der Waals surface area contributed by atoms with Crippen molar-refractivity contribution in [3.63, 3.8) is 0 Å². The summed E-state index contributed by atoms with van der Waals surface area (Å²) in [4.78, 5) is 11.6. The van der Waals surface area contributed by atoms with Crippen molar-refractivity contribution in [3.05, 3.63) is 35.4 Å². The summed E-state index contributed by atoms with van der Waals surface area (Å²) in [5.74, 6) is 0.722. The zero-order valence-corrected chi connectivity index (χ0v) is 11.2. The lowest BCUT2D eigenvalue weighted by Gasteiger charge is -2.29.